The number of para-hydroxylation sites is 1. The van der Waals surface area contributed by atoms with Crippen molar-refractivity contribution in [2.45, 2.75) is 51.9 Å². The molecule has 0 aliphatic carbocycles. The van der Waals surface area contributed by atoms with Crippen LogP contribution in [-0.2, 0) is 9.53 Å². The maximum absolute atomic E-state index is 12.5. The van der Waals surface area contributed by atoms with Crippen molar-refractivity contribution in [3.8, 4) is 5.69 Å². The average Bonchev–Trinajstić information content (AvgIpc) is 3.24. The van der Waals surface area contributed by atoms with Gasteiger partial charge in [-0.2, -0.15) is 5.10 Å². The minimum absolute atomic E-state index is 0.269. The van der Waals surface area contributed by atoms with Gasteiger partial charge in [-0.25, -0.2) is 14.6 Å². The zero-order chi connectivity index (χ0) is 23.5. The standard InChI is InChI=1S/C26H34N6O2/c1-3-4-10-22(33)30-13-15-31(16-14-30)25-23-19(2)29-32(21-8-6-5-7-9-21)26(23)28-24(27-25)20-11-17-34-18-12-20/h5-9,20H,3-4,10-18H2,1-2H3. The fourth-order valence-electron chi connectivity index (χ4n) is 4.95. The fraction of sp³-hybridized carbons (Fsp3) is 0.538. The molecule has 0 radical (unpaired) electrons. The van der Waals surface area contributed by atoms with Crippen molar-refractivity contribution in [2.75, 3.05) is 44.3 Å². The lowest BCUT2D eigenvalue weighted by Crippen LogP contribution is -2.49. The van der Waals surface area contributed by atoms with Crippen molar-refractivity contribution < 1.29 is 9.53 Å². The largest absolute Gasteiger partial charge is 0.381 e. The highest BCUT2D eigenvalue weighted by Gasteiger charge is 2.28. The summed E-state index contributed by atoms with van der Waals surface area (Å²) < 4.78 is 7.54. The Hall–Kier alpha value is -3.00. The number of rotatable bonds is 6. The Balaban J connectivity index is 1.52. The summed E-state index contributed by atoms with van der Waals surface area (Å²) in [6.07, 6.45) is 4.51. The maximum atomic E-state index is 12.5. The second-order valence-corrected chi connectivity index (χ2v) is 9.29. The van der Waals surface area contributed by atoms with E-state index in [1.807, 2.05) is 34.7 Å². The third kappa shape index (κ3) is 4.51. The Bertz CT molecular complexity index is 1130. The average molecular weight is 463 g/mol. The number of aromatic nitrogens is 4. The predicted molar refractivity (Wildman–Crippen MR) is 133 cm³/mol. The lowest BCUT2D eigenvalue weighted by molar-refractivity contribution is -0.131. The van der Waals surface area contributed by atoms with E-state index in [-0.39, 0.29) is 11.8 Å². The van der Waals surface area contributed by atoms with Gasteiger partial charge in [-0.1, -0.05) is 31.5 Å². The SMILES string of the molecule is CCCCC(=O)N1CCN(c2nc(C3CCOCC3)nc3c2c(C)nn3-c2ccccc2)CC1. The molecule has 180 valence electrons. The summed E-state index contributed by atoms with van der Waals surface area (Å²) in [4.78, 5) is 27.1. The summed E-state index contributed by atoms with van der Waals surface area (Å²) in [5, 5.41) is 5.88. The Labute approximate surface area is 200 Å². The summed E-state index contributed by atoms with van der Waals surface area (Å²) in [6, 6.07) is 10.2. The number of carbonyl (C=O) groups excluding carboxylic acids is 1. The molecule has 0 bridgehead atoms. The molecule has 5 rings (SSSR count). The third-order valence-corrected chi connectivity index (χ3v) is 6.96. The van der Waals surface area contributed by atoms with Gasteiger partial charge >= 0.3 is 0 Å². The molecule has 0 saturated carbocycles. The van der Waals surface area contributed by atoms with Gasteiger partial charge in [0.05, 0.1) is 16.8 Å². The third-order valence-electron chi connectivity index (χ3n) is 6.96. The van der Waals surface area contributed by atoms with Gasteiger partial charge in [-0.05, 0) is 38.3 Å². The first-order valence-electron chi connectivity index (χ1n) is 12.6. The van der Waals surface area contributed by atoms with Crippen LogP contribution in [0, 0.1) is 6.92 Å². The Morgan fingerprint density at radius 3 is 2.50 bits per heavy atom. The first-order chi connectivity index (χ1) is 16.7. The van der Waals surface area contributed by atoms with E-state index in [9.17, 15) is 4.79 Å². The van der Waals surface area contributed by atoms with E-state index in [4.69, 9.17) is 19.8 Å². The molecule has 3 aromatic rings. The lowest BCUT2D eigenvalue weighted by Gasteiger charge is -2.36. The van der Waals surface area contributed by atoms with Gasteiger partial charge in [0.25, 0.3) is 0 Å². The van der Waals surface area contributed by atoms with Crippen molar-refractivity contribution in [1.29, 1.82) is 0 Å². The molecule has 2 aromatic heterocycles. The van der Waals surface area contributed by atoms with Crippen LogP contribution >= 0.6 is 0 Å². The zero-order valence-corrected chi connectivity index (χ0v) is 20.2. The first kappa shape index (κ1) is 22.8. The summed E-state index contributed by atoms with van der Waals surface area (Å²) in [5.74, 6) is 2.38. The molecule has 2 fully saturated rings. The number of amides is 1. The molecule has 1 amide bonds. The van der Waals surface area contributed by atoms with Gasteiger partial charge in [0.2, 0.25) is 5.91 Å². The Kier molecular flexibility index (Phi) is 6.76. The van der Waals surface area contributed by atoms with Crippen molar-refractivity contribution in [3.05, 3.63) is 41.9 Å². The van der Waals surface area contributed by atoms with E-state index in [0.29, 0.717) is 6.42 Å². The quantitative estimate of drug-likeness (QED) is 0.554. The number of nitrogens with zero attached hydrogens (tertiary/aromatic N) is 6. The number of benzene rings is 1. The van der Waals surface area contributed by atoms with Gasteiger partial charge in [0, 0.05) is 51.7 Å². The van der Waals surface area contributed by atoms with E-state index in [1.165, 1.54) is 0 Å². The number of hydrogen-bond acceptors (Lipinski definition) is 6. The van der Waals surface area contributed by atoms with Crippen LogP contribution in [0.3, 0.4) is 0 Å². The van der Waals surface area contributed by atoms with Crippen LogP contribution in [0.15, 0.2) is 30.3 Å². The normalized spacial score (nSPS) is 17.5. The van der Waals surface area contributed by atoms with Crippen LogP contribution in [0.2, 0.25) is 0 Å². The minimum Gasteiger partial charge on any atom is -0.381 e. The Morgan fingerprint density at radius 1 is 1.06 bits per heavy atom. The van der Waals surface area contributed by atoms with Crippen LogP contribution in [0.25, 0.3) is 16.7 Å². The van der Waals surface area contributed by atoms with E-state index in [2.05, 4.69) is 24.0 Å². The summed E-state index contributed by atoms with van der Waals surface area (Å²) in [7, 11) is 0. The molecular formula is C26H34N6O2. The van der Waals surface area contributed by atoms with Crippen molar-refractivity contribution in [1.82, 2.24) is 24.6 Å². The van der Waals surface area contributed by atoms with Crippen LogP contribution in [0.5, 0.6) is 0 Å². The van der Waals surface area contributed by atoms with Crippen LogP contribution in [0.1, 0.15) is 56.5 Å². The highest BCUT2D eigenvalue weighted by molar-refractivity contribution is 5.91. The number of fused-ring (bicyclic) bond motifs is 1. The van der Waals surface area contributed by atoms with Crippen molar-refractivity contribution in [2.24, 2.45) is 0 Å². The summed E-state index contributed by atoms with van der Waals surface area (Å²) in [5.41, 5.74) is 2.78. The molecule has 4 heterocycles. The van der Waals surface area contributed by atoms with Crippen LogP contribution < -0.4 is 4.90 Å². The molecule has 0 atom stereocenters. The molecule has 8 heteroatoms. The Morgan fingerprint density at radius 2 is 1.79 bits per heavy atom. The number of anilines is 1. The van der Waals surface area contributed by atoms with E-state index >= 15 is 0 Å². The number of ether oxygens (including phenoxy) is 1. The molecule has 1 aromatic carbocycles. The smallest absolute Gasteiger partial charge is 0.222 e. The van der Waals surface area contributed by atoms with Gasteiger partial charge < -0.3 is 14.5 Å². The second kappa shape index (κ2) is 10.1. The molecule has 0 spiro atoms. The van der Waals surface area contributed by atoms with Crippen molar-refractivity contribution >= 4 is 22.8 Å². The molecule has 34 heavy (non-hydrogen) atoms. The van der Waals surface area contributed by atoms with Gasteiger partial charge in [-0.15, -0.1) is 0 Å². The van der Waals surface area contributed by atoms with Gasteiger partial charge in [-0.3, -0.25) is 4.79 Å². The lowest BCUT2D eigenvalue weighted by atomic mass is 9.99. The van der Waals surface area contributed by atoms with E-state index in [1.54, 1.807) is 0 Å². The molecule has 2 aliphatic rings. The molecular weight excluding hydrogens is 428 g/mol. The topological polar surface area (TPSA) is 76.4 Å². The number of hydrogen-bond donors (Lipinski definition) is 0. The fourth-order valence-corrected chi connectivity index (χ4v) is 4.95. The van der Waals surface area contributed by atoms with Gasteiger partial charge in [0.15, 0.2) is 5.65 Å². The number of unbranched alkanes of at least 4 members (excludes halogenated alkanes) is 1. The van der Waals surface area contributed by atoms with E-state index < -0.39 is 0 Å². The monoisotopic (exact) mass is 462 g/mol. The van der Waals surface area contributed by atoms with E-state index in [0.717, 1.165) is 99.1 Å². The second-order valence-electron chi connectivity index (χ2n) is 9.29. The number of carbonyl (C=O) groups is 1. The number of piperazine rings is 1. The van der Waals surface area contributed by atoms with Crippen LogP contribution in [0.4, 0.5) is 5.82 Å². The maximum Gasteiger partial charge on any atom is 0.222 e. The highest BCUT2D eigenvalue weighted by Crippen LogP contribution is 2.33. The molecule has 0 unspecified atom stereocenters. The number of aryl methyl sites for hydroxylation is 1. The van der Waals surface area contributed by atoms with Gasteiger partial charge in [0.1, 0.15) is 11.6 Å². The molecule has 8 nitrogen and oxygen atoms in total. The zero-order valence-electron chi connectivity index (χ0n) is 20.2. The predicted octanol–water partition coefficient (Wildman–Crippen LogP) is 3.86. The summed E-state index contributed by atoms with van der Waals surface area (Å²) >= 11 is 0. The highest BCUT2D eigenvalue weighted by atomic mass is 16.5. The first-order valence-corrected chi connectivity index (χ1v) is 12.6. The van der Waals surface area contributed by atoms with Crippen molar-refractivity contribution in [3.63, 3.8) is 0 Å². The summed E-state index contributed by atoms with van der Waals surface area (Å²) in [6.45, 7) is 8.65. The molecule has 2 aliphatic heterocycles. The minimum atomic E-state index is 0.269. The molecule has 0 N–H and O–H groups in total. The molecule has 2 saturated heterocycles. The van der Waals surface area contributed by atoms with Crippen LogP contribution in [-0.4, -0.2) is 69.9 Å².